The summed E-state index contributed by atoms with van der Waals surface area (Å²) in [5, 5.41) is 0. The third kappa shape index (κ3) is 5.60. The van der Waals surface area contributed by atoms with E-state index in [1.807, 2.05) is 42.5 Å². The molecular weight excluding hydrogens is 334 g/mol. The normalized spacial score (nSPS) is 10.4. The summed E-state index contributed by atoms with van der Waals surface area (Å²) < 4.78 is 0. The van der Waals surface area contributed by atoms with Gasteiger partial charge in [0, 0.05) is 50.9 Å². The third-order valence-corrected chi connectivity index (χ3v) is 4.80. The molecule has 0 saturated carbocycles. The lowest BCUT2D eigenvalue weighted by atomic mass is 10.2. The van der Waals surface area contributed by atoms with Crippen molar-refractivity contribution in [1.29, 1.82) is 0 Å². The Morgan fingerprint density at radius 3 is 2.44 bits per heavy atom. The lowest BCUT2D eigenvalue weighted by Gasteiger charge is -2.19. The molecule has 0 aliphatic rings. The minimum Gasteiger partial charge on any atom is -0.348 e. The number of aromatic nitrogens is 1. The zero-order valence-corrected chi connectivity index (χ0v) is 15.6. The molecule has 0 unspecified atom stereocenters. The van der Waals surface area contributed by atoms with Gasteiger partial charge in [-0.3, -0.25) is 14.6 Å². The number of hydrogen-bond donors (Lipinski definition) is 0. The van der Waals surface area contributed by atoms with Gasteiger partial charge in [0.05, 0.1) is 11.3 Å². The van der Waals surface area contributed by atoms with Crippen molar-refractivity contribution in [1.82, 2.24) is 14.8 Å². The van der Waals surface area contributed by atoms with Crippen LogP contribution in [-0.2, 0) is 11.2 Å². The van der Waals surface area contributed by atoms with Gasteiger partial charge in [-0.05, 0) is 24.3 Å². The Bertz CT molecular complexity index is 720. The van der Waals surface area contributed by atoms with E-state index in [0.29, 0.717) is 24.3 Å². The molecule has 0 fully saturated rings. The summed E-state index contributed by atoms with van der Waals surface area (Å²) in [7, 11) is 5.24. The minimum absolute atomic E-state index is 0.0239. The van der Waals surface area contributed by atoms with Gasteiger partial charge in [-0.2, -0.15) is 0 Å². The molecule has 2 rings (SSSR count). The number of hydrogen-bond acceptors (Lipinski definition) is 4. The molecule has 25 heavy (non-hydrogen) atoms. The first-order valence-electron chi connectivity index (χ1n) is 8.06. The second kappa shape index (κ2) is 9.22. The van der Waals surface area contributed by atoms with Gasteiger partial charge in [0.2, 0.25) is 5.91 Å². The number of rotatable bonds is 7. The highest BCUT2D eigenvalue weighted by molar-refractivity contribution is 8.00. The van der Waals surface area contributed by atoms with E-state index in [2.05, 4.69) is 4.98 Å². The molecule has 1 aromatic carbocycles. The van der Waals surface area contributed by atoms with Crippen LogP contribution in [0.25, 0.3) is 0 Å². The average molecular weight is 357 g/mol. The van der Waals surface area contributed by atoms with Crippen LogP contribution in [0.2, 0.25) is 0 Å². The molecule has 132 valence electrons. The van der Waals surface area contributed by atoms with Crippen molar-refractivity contribution >= 4 is 23.6 Å². The Morgan fingerprint density at radius 2 is 1.76 bits per heavy atom. The number of carbonyl (C=O) groups is 2. The molecule has 0 aliphatic carbocycles. The summed E-state index contributed by atoms with van der Waals surface area (Å²) in [5.74, 6) is 0.293. The molecule has 0 saturated heterocycles. The number of carbonyl (C=O) groups excluding carboxylic acids is 2. The second-order valence-corrected chi connectivity index (χ2v) is 6.89. The fourth-order valence-corrected chi connectivity index (χ4v) is 3.20. The van der Waals surface area contributed by atoms with Crippen molar-refractivity contribution in [2.75, 3.05) is 33.4 Å². The third-order valence-electron chi connectivity index (χ3n) is 3.74. The molecule has 0 spiro atoms. The van der Waals surface area contributed by atoms with Crippen LogP contribution in [0.5, 0.6) is 0 Å². The molecule has 6 heteroatoms. The summed E-state index contributed by atoms with van der Waals surface area (Å²) in [6.07, 6.45) is 2.46. The zero-order valence-electron chi connectivity index (χ0n) is 14.8. The van der Waals surface area contributed by atoms with Crippen LogP contribution in [0.3, 0.4) is 0 Å². The second-order valence-electron chi connectivity index (χ2n) is 5.87. The maximum Gasteiger partial charge on any atom is 0.254 e. The fraction of sp³-hybridized carbons (Fsp3) is 0.316. The number of thioether (sulfide) groups is 1. The smallest absolute Gasteiger partial charge is 0.254 e. The Labute approximate surface area is 153 Å². The van der Waals surface area contributed by atoms with Crippen LogP contribution in [0.15, 0.2) is 53.6 Å². The Hall–Kier alpha value is -2.34. The van der Waals surface area contributed by atoms with Crippen LogP contribution >= 0.6 is 11.8 Å². The van der Waals surface area contributed by atoms with E-state index in [-0.39, 0.29) is 11.8 Å². The lowest BCUT2D eigenvalue weighted by Crippen LogP contribution is -2.29. The maximum atomic E-state index is 12.8. The molecule has 5 nitrogen and oxygen atoms in total. The largest absolute Gasteiger partial charge is 0.348 e. The maximum absolute atomic E-state index is 12.8. The predicted molar refractivity (Wildman–Crippen MR) is 101 cm³/mol. The number of pyridine rings is 1. The van der Waals surface area contributed by atoms with E-state index in [9.17, 15) is 9.59 Å². The average Bonchev–Trinajstić information content (AvgIpc) is 2.64. The monoisotopic (exact) mass is 357 g/mol. The van der Waals surface area contributed by atoms with Crippen LogP contribution in [-0.4, -0.2) is 60.0 Å². The Kier molecular flexibility index (Phi) is 7.01. The summed E-state index contributed by atoms with van der Waals surface area (Å²) in [5.41, 5.74) is 1.59. The van der Waals surface area contributed by atoms with Crippen LogP contribution in [0.1, 0.15) is 16.1 Å². The molecule has 0 N–H and O–H groups in total. The molecule has 0 bridgehead atoms. The molecule has 1 heterocycles. The van der Waals surface area contributed by atoms with Gasteiger partial charge in [0.15, 0.2) is 0 Å². The number of likely N-dealkylation sites (N-methyl/N-ethyl adjacent to an activating group) is 1. The number of nitrogens with zero attached hydrogens (tertiary/aromatic N) is 3. The first kappa shape index (κ1) is 19.0. The van der Waals surface area contributed by atoms with Gasteiger partial charge in [-0.25, -0.2) is 0 Å². The lowest BCUT2D eigenvalue weighted by molar-refractivity contribution is -0.125. The van der Waals surface area contributed by atoms with Crippen molar-refractivity contribution in [2.45, 2.75) is 11.3 Å². The summed E-state index contributed by atoms with van der Waals surface area (Å²) in [4.78, 5) is 32.9. The predicted octanol–water partition coefficient (Wildman–Crippen LogP) is 2.58. The molecule has 2 amide bonds. The van der Waals surface area contributed by atoms with E-state index in [1.54, 1.807) is 37.1 Å². The number of benzene rings is 1. The first-order chi connectivity index (χ1) is 12.0. The molecular formula is C19H23N3O2S. The van der Waals surface area contributed by atoms with E-state index < -0.39 is 0 Å². The van der Waals surface area contributed by atoms with Crippen LogP contribution in [0, 0.1) is 0 Å². The van der Waals surface area contributed by atoms with Crippen molar-refractivity contribution in [2.24, 2.45) is 0 Å². The quantitative estimate of drug-likeness (QED) is 0.715. The highest BCUT2D eigenvalue weighted by Gasteiger charge is 2.17. The van der Waals surface area contributed by atoms with Gasteiger partial charge in [0.1, 0.15) is 0 Å². The van der Waals surface area contributed by atoms with Gasteiger partial charge in [-0.15, -0.1) is 11.8 Å². The Morgan fingerprint density at radius 1 is 1.04 bits per heavy atom. The van der Waals surface area contributed by atoms with Crippen molar-refractivity contribution < 1.29 is 9.59 Å². The van der Waals surface area contributed by atoms with Crippen molar-refractivity contribution in [3.05, 3.63) is 59.9 Å². The molecule has 0 atom stereocenters. The van der Waals surface area contributed by atoms with Gasteiger partial charge in [-0.1, -0.05) is 18.2 Å². The molecule has 2 aromatic rings. The molecule has 0 radical (unpaired) electrons. The van der Waals surface area contributed by atoms with Gasteiger partial charge in [0.25, 0.3) is 5.91 Å². The highest BCUT2D eigenvalue weighted by Crippen LogP contribution is 2.24. The SMILES string of the molecule is CN(C)C(=O)CSc1ccccc1C(=O)N(C)CCc1ccccn1. The fourth-order valence-electron chi connectivity index (χ4n) is 2.17. The highest BCUT2D eigenvalue weighted by atomic mass is 32.2. The summed E-state index contributed by atoms with van der Waals surface area (Å²) in [6, 6.07) is 13.2. The van der Waals surface area contributed by atoms with Crippen LogP contribution < -0.4 is 0 Å². The summed E-state index contributed by atoms with van der Waals surface area (Å²) >= 11 is 1.39. The van der Waals surface area contributed by atoms with Crippen molar-refractivity contribution in [3.8, 4) is 0 Å². The van der Waals surface area contributed by atoms with Crippen LogP contribution in [0.4, 0.5) is 0 Å². The summed E-state index contributed by atoms with van der Waals surface area (Å²) in [6.45, 7) is 0.589. The topological polar surface area (TPSA) is 53.5 Å². The standard InChI is InChI=1S/C19H23N3O2S/c1-21(2)18(23)14-25-17-10-5-4-9-16(17)19(24)22(3)13-11-15-8-6-7-12-20-15/h4-10,12H,11,13-14H2,1-3H3. The van der Waals surface area contributed by atoms with E-state index in [0.717, 1.165) is 10.6 Å². The van der Waals surface area contributed by atoms with E-state index in [4.69, 9.17) is 0 Å². The van der Waals surface area contributed by atoms with Gasteiger partial charge < -0.3 is 9.80 Å². The van der Waals surface area contributed by atoms with Gasteiger partial charge >= 0.3 is 0 Å². The number of amides is 2. The minimum atomic E-state index is -0.0451. The van der Waals surface area contributed by atoms with E-state index >= 15 is 0 Å². The zero-order chi connectivity index (χ0) is 18.2. The molecule has 0 aliphatic heterocycles. The van der Waals surface area contributed by atoms with Crippen molar-refractivity contribution in [3.63, 3.8) is 0 Å². The van der Waals surface area contributed by atoms with E-state index in [1.165, 1.54) is 11.8 Å². The Balaban J connectivity index is 2.01. The first-order valence-corrected chi connectivity index (χ1v) is 9.05. The molecule has 1 aromatic heterocycles.